The first-order valence-electron chi connectivity index (χ1n) is 8.65. The van der Waals surface area contributed by atoms with Gasteiger partial charge in [-0.05, 0) is 56.0 Å². The number of H-pyrrole nitrogens is 1. The van der Waals surface area contributed by atoms with Gasteiger partial charge in [-0.25, -0.2) is 9.67 Å². The number of nitrogens with zero attached hydrogens (tertiary/aromatic N) is 4. The van der Waals surface area contributed by atoms with Gasteiger partial charge in [0.2, 0.25) is 0 Å². The van der Waals surface area contributed by atoms with Gasteiger partial charge in [0.05, 0.1) is 11.8 Å². The van der Waals surface area contributed by atoms with E-state index in [0.717, 1.165) is 56.5 Å². The second kappa shape index (κ2) is 6.75. The minimum Gasteiger partial charge on any atom is -0.393 e. The maximum Gasteiger partial charge on any atom is 0.138 e. The topological polar surface area (TPSA) is 70.0 Å². The molecule has 1 fully saturated rings. The molecule has 0 saturated carbocycles. The maximum absolute atomic E-state index is 9.58. The van der Waals surface area contributed by atoms with Crippen LogP contribution in [0.5, 0.6) is 0 Å². The van der Waals surface area contributed by atoms with Gasteiger partial charge in [-0.15, -0.1) is 0 Å². The van der Waals surface area contributed by atoms with Crippen LogP contribution in [-0.2, 0) is 6.42 Å². The number of aliphatic hydroxyl groups excluding tert-OH is 1. The highest BCUT2D eigenvalue weighted by molar-refractivity contribution is 5.85. The van der Waals surface area contributed by atoms with Gasteiger partial charge in [0.25, 0.3) is 0 Å². The van der Waals surface area contributed by atoms with Crippen LogP contribution in [0.1, 0.15) is 24.8 Å². The Morgan fingerprint density at radius 1 is 1.25 bits per heavy atom. The molecule has 2 N–H and O–H groups in total. The summed E-state index contributed by atoms with van der Waals surface area (Å²) in [5.74, 6) is 0. The number of benzene rings is 1. The van der Waals surface area contributed by atoms with Crippen molar-refractivity contribution in [3.8, 4) is 5.69 Å². The fourth-order valence-corrected chi connectivity index (χ4v) is 3.49. The van der Waals surface area contributed by atoms with E-state index in [-0.39, 0.29) is 6.10 Å². The van der Waals surface area contributed by atoms with E-state index in [9.17, 15) is 5.11 Å². The lowest BCUT2D eigenvalue weighted by Gasteiger charge is -2.29. The average Bonchev–Trinajstić information content (AvgIpc) is 3.26. The molecule has 3 heterocycles. The molecule has 0 bridgehead atoms. The maximum atomic E-state index is 9.58. The summed E-state index contributed by atoms with van der Waals surface area (Å²) in [6.45, 7) is 3.14. The molecule has 1 saturated heterocycles. The van der Waals surface area contributed by atoms with E-state index in [2.05, 4.69) is 44.4 Å². The number of likely N-dealkylation sites (tertiary alicyclic amines) is 1. The molecule has 24 heavy (non-hydrogen) atoms. The number of piperidine rings is 1. The second-order valence-electron chi connectivity index (χ2n) is 6.56. The molecule has 126 valence electrons. The van der Waals surface area contributed by atoms with E-state index in [1.54, 1.807) is 17.3 Å². The number of rotatable bonds is 5. The Kier molecular flexibility index (Phi) is 4.32. The second-order valence-corrected chi connectivity index (χ2v) is 6.56. The third-order valence-electron chi connectivity index (χ3n) is 4.91. The van der Waals surface area contributed by atoms with Crippen LogP contribution in [0.3, 0.4) is 0 Å². The van der Waals surface area contributed by atoms with E-state index in [0.29, 0.717) is 0 Å². The number of hydrogen-bond acceptors (Lipinski definition) is 4. The molecule has 0 aliphatic carbocycles. The van der Waals surface area contributed by atoms with E-state index in [4.69, 9.17) is 0 Å². The van der Waals surface area contributed by atoms with Crippen molar-refractivity contribution in [2.24, 2.45) is 0 Å². The predicted molar refractivity (Wildman–Crippen MR) is 93.2 cm³/mol. The molecule has 1 aliphatic rings. The highest BCUT2D eigenvalue weighted by Crippen LogP contribution is 2.23. The zero-order chi connectivity index (χ0) is 16.4. The van der Waals surface area contributed by atoms with E-state index < -0.39 is 0 Å². The van der Waals surface area contributed by atoms with Gasteiger partial charge in [-0.2, -0.15) is 5.10 Å². The first-order valence-corrected chi connectivity index (χ1v) is 8.65. The Labute approximate surface area is 141 Å². The third-order valence-corrected chi connectivity index (χ3v) is 4.91. The van der Waals surface area contributed by atoms with Crippen molar-refractivity contribution in [1.29, 1.82) is 0 Å². The summed E-state index contributed by atoms with van der Waals surface area (Å²) in [6.07, 6.45) is 9.32. The van der Waals surface area contributed by atoms with Crippen LogP contribution in [0.15, 0.2) is 37.1 Å². The Hall–Kier alpha value is -2.18. The smallest absolute Gasteiger partial charge is 0.138 e. The van der Waals surface area contributed by atoms with E-state index >= 15 is 0 Å². The number of aryl methyl sites for hydroxylation is 1. The summed E-state index contributed by atoms with van der Waals surface area (Å²) in [5.41, 5.74) is 3.55. The minimum atomic E-state index is -0.0925. The van der Waals surface area contributed by atoms with Crippen LogP contribution in [0, 0.1) is 0 Å². The van der Waals surface area contributed by atoms with Crippen molar-refractivity contribution in [2.75, 3.05) is 19.6 Å². The van der Waals surface area contributed by atoms with Crippen molar-refractivity contribution in [1.82, 2.24) is 24.6 Å². The van der Waals surface area contributed by atoms with Gasteiger partial charge in [0.1, 0.15) is 12.7 Å². The average molecular weight is 325 g/mol. The lowest BCUT2D eigenvalue weighted by Crippen LogP contribution is -2.36. The Balaban J connectivity index is 1.43. The lowest BCUT2D eigenvalue weighted by atomic mass is 10.1. The van der Waals surface area contributed by atoms with E-state index in [1.165, 1.54) is 10.9 Å². The number of fused-ring (bicyclic) bond motifs is 1. The van der Waals surface area contributed by atoms with Gasteiger partial charge in [-0.3, -0.25) is 0 Å². The van der Waals surface area contributed by atoms with Gasteiger partial charge in [-0.1, -0.05) is 0 Å². The fraction of sp³-hybridized carbons (Fsp3) is 0.444. The molecule has 0 spiro atoms. The molecule has 1 aromatic carbocycles. The normalized spacial score (nSPS) is 16.9. The molecule has 4 rings (SSSR count). The summed E-state index contributed by atoms with van der Waals surface area (Å²) < 4.78 is 1.79. The van der Waals surface area contributed by atoms with Gasteiger partial charge >= 0.3 is 0 Å². The number of aliphatic hydroxyl groups is 1. The van der Waals surface area contributed by atoms with Crippen LogP contribution in [0.4, 0.5) is 0 Å². The van der Waals surface area contributed by atoms with Crippen molar-refractivity contribution in [3.63, 3.8) is 0 Å². The summed E-state index contributed by atoms with van der Waals surface area (Å²) in [7, 11) is 0. The Morgan fingerprint density at radius 2 is 2.12 bits per heavy atom. The van der Waals surface area contributed by atoms with Gasteiger partial charge < -0.3 is 15.0 Å². The zero-order valence-corrected chi connectivity index (χ0v) is 13.7. The summed E-state index contributed by atoms with van der Waals surface area (Å²) >= 11 is 0. The first kappa shape index (κ1) is 15.4. The molecule has 2 aromatic heterocycles. The summed E-state index contributed by atoms with van der Waals surface area (Å²) in [6, 6.07) is 6.32. The summed E-state index contributed by atoms with van der Waals surface area (Å²) in [5, 5.41) is 15.0. The minimum absolute atomic E-state index is 0.0925. The Bertz CT molecular complexity index is 787. The van der Waals surface area contributed by atoms with Crippen LogP contribution < -0.4 is 0 Å². The number of aromatic amines is 1. The van der Waals surface area contributed by atoms with Crippen molar-refractivity contribution >= 4 is 10.9 Å². The van der Waals surface area contributed by atoms with Crippen LogP contribution in [-0.4, -0.2) is 55.5 Å². The standard InChI is InChI=1S/C18H23N5O/c24-16-5-8-22(9-6-16)7-1-2-14-11-20-18-4-3-15(10-17(14)18)23-13-19-12-21-23/h3-4,10-13,16,20,24H,1-2,5-9H2. The lowest BCUT2D eigenvalue weighted by molar-refractivity contribution is 0.0821. The van der Waals surface area contributed by atoms with Crippen LogP contribution in [0.2, 0.25) is 0 Å². The zero-order valence-electron chi connectivity index (χ0n) is 13.7. The molecule has 0 amide bonds. The fourth-order valence-electron chi connectivity index (χ4n) is 3.49. The molecule has 1 aliphatic heterocycles. The van der Waals surface area contributed by atoms with Crippen LogP contribution >= 0.6 is 0 Å². The Morgan fingerprint density at radius 3 is 2.92 bits per heavy atom. The molecule has 3 aromatic rings. The van der Waals surface area contributed by atoms with Gasteiger partial charge in [0, 0.05) is 30.2 Å². The summed E-state index contributed by atoms with van der Waals surface area (Å²) in [4.78, 5) is 9.84. The molecular weight excluding hydrogens is 302 g/mol. The predicted octanol–water partition coefficient (Wildman–Crippen LogP) is 2.14. The quantitative estimate of drug-likeness (QED) is 0.754. The number of nitrogens with one attached hydrogen (secondary N) is 1. The molecular formula is C18H23N5O. The highest BCUT2D eigenvalue weighted by atomic mass is 16.3. The van der Waals surface area contributed by atoms with Crippen molar-refractivity contribution < 1.29 is 5.11 Å². The van der Waals surface area contributed by atoms with Crippen molar-refractivity contribution in [3.05, 3.63) is 42.6 Å². The first-order chi connectivity index (χ1) is 11.8. The monoisotopic (exact) mass is 325 g/mol. The van der Waals surface area contributed by atoms with E-state index in [1.807, 2.05) is 0 Å². The molecule has 6 heteroatoms. The molecule has 0 unspecified atom stereocenters. The number of aromatic nitrogens is 4. The third kappa shape index (κ3) is 3.20. The largest absolute Gasteiger partial charge is 0.393 e. The highest BCUT2D eigenvalue weighted by Gasteiger charge is 2.16. The van der Waals surface area contributed by atoms with Crippen molar-refractivity contribution in [2.45, 2.75) is 31.8 Å². The SMILES string of the molecule is OC1CCN(CCCc2c[nH]c3ccc(-n4cncn4)cc23)CC1. The molecule has 0 atom stereocenters. The number of hydrogen-bond donors (Lipinski definition) is 2. The molecule has 6 nitrogen and oxygen atoms in total. The van der Waals surface area contributed by atoms with Gasteiger partial charge in [0.15, 0.2) is 0 Å². The van der Waals surface area contributed by atoms with Crippen LogP contribution in [0.25, 0.3) is 16.6 Å². The molecule has 0 radical (unpaired) electrons.